The van der Waals surface area contributed by atoms with Crippen molar-refractivity contribution in [3.05, 3.63) is 58.7 Å². The van der Waals surface area contributed by atoms with Gasteiger partial charge >= 0.3 is 0 Å². The molecule has 0 fully saturated rings. The van der Waals surface area contributed by atoms with E-state index in [4.69, 9.17) is 0 Å². The smallest absolute Gasteiger partial charge is 0.215 e. The molecule has 0 saturated carbocycles. The zero-order valence-corrected chi connectivity index (χ0v) is 17.9. The van der Waals surface area contributed by atoms with E-state index in [2.05, 4.69) is 9.97 Å². The average Bonchev–Trinajstić information content (AvgIpc) is 2.57. The molecular formula is C22H30F2N2O2. The average molecular weight is 392 g/mol. The van der Waals surface area contributed by atoms with Gasteiger partial charge in [0, 0.05) is 34.5 Å². The first-order valence-corrected chi connectivity index (χ1v) is 9.11. The molecule has 6 heteroatoms. The molecule has 0 aromatic carbocycles. The molecule has 2 aromatic heterocycles. The summed E-state index contributed by atoms with van der Waals surface area (Å²) in [4.78, 5) is 18.9. The summed E-state index contributed by atoms with van der Waals surface area (Å²) in [6.07, 6.45) is 2.06. The van der Waals surface area contributed by atoms with Crippen LogP contribution in [0, 0.1) is 36.6 Å². The van der Waals surface area contributed by atoms with E-state index < -0.39 is 23.4 Å². The number of ketones is 1. The maximum absolute atomic E-state index is 12.9. The van der Waals surface area contributed by atoms with Crippen molar-refractivity contribution < 1.29 is 18.7 Å². The molecule has 1 atom stereocenters. The SMILES string of the molecule is Cc1cc(C(=O)C(C)(C)C)cnc1F.Cc1cc(C(O)C(C)(C)C)cnc1F. The molecule has 0 spiro atoms. The van der Waals surface area contributed by atoms with Gasteiger partial charge in [-0.2, -0.15) is 8.78 Å². The minimum absolute atomic E-state index is 0.0203. The van der Waals surface area contributed by atoms with Crippen LogP contribution in [0.4, 0.5) is 8.78 Å². The van der Waals surface area contributed by atoms with Crippen LogP contribution in [0.3, 0.4) is 0 Å². The van der Waals surface area contributed by atoms with E-state index in [-0.39, 0.29) is 11.2 Å². The number of halogens is 2. The fraction of sp³-hybridized carbons (Fsp3) is 0.500. The molecular weight excluding hydrogens is 362 g/mol. The fourth-order valence-electron chi connectivity index (χ4n) is 2.34. The van der Waals surface area contributed by atoms with Crippen molar-refractivity contribution in [2.75, 3.05) is 0 Å². The third-order valence-corrected chi connectivity index (χ3v) is 4.13. The van der Waals surface area contributed by atoms with E-state index in [1.165, 1.54) is 18.5 Å². The first-order valence-electron chi connectivity index (χ1n) is 9.11. The Morgan fingerprint density at radius 3 is 1.79 bits per heavy atom. The van der Waals surface area contributed by atoms with Gasteiger partial charge in [-0.15, -0.1) is 0 Å². The van der Waals surface area contributed by atoms with Crippen LogP contribution in [-0.4, -0.2) is 20.9 Å². The highest BCUT2D eigenvalue weighted by Gasteiger charge is 2.25. The monoisotopic (exact) mass is 392 g/mol. The van der Waals surface area contributed by atoms with Gasteiger partial charge in [0.25, 0.3) is 0 Å². The van der Waals surface area contributed by atoms with Gasteiger partial charge in [-0.05, 0) is 37.0 Å². The number of rotatable bonds is 2. The van der Waals surface area contributed by atoms with Gasteiger partial charge in [-0.3, -0.25) is 4.79 Å². The lowest BCUT2D eigenvalue weighted by Gasteiger charge is -2.26. The third-order valence-electron chi connectivity index (χ3n) is 4.13. The van der Waals surface area contributed by atoms with E-state index in [9.17, 15) is 18.7 Å². The second-order valence-electron chi connectivity index (χ2n) is 9.06. The Hall–Kier alpha value is -2.21. The number of carbonyl (C=O) groups excluding carboxylic acids is 1. The molecule has 0 amide bonds. The van der Waals surface area contributed by atoms with Crippen molar-refractivity contribution in [3.8, 4) is 0 Å². The summed E-state index contributed by atoms with van der Waals surface area (Å²) >= 11 is 0. The van der Waals surface area contributed by atoms with Gasteiger partial charge < -0.3 is 5.11 Å². The number of aliphatic hydroxyl groups is 1. The van der Waals surface area contributed by atoms with Crippen LogP contribution in [0.15, 0.2) is 24.5 Å². The Labute approximate surface area is 166 Å². The summed E-state index contributed by atoms with van der Waals surface area (Å²) in [5, 5.41) is 9.91. The lowest BCUT2D eigenvalue weighted by Crippen LogP contribution is -2.20. The predicted octanol–water partition coefficient (Wildman–Crippen LogP) is 5.37. The van der Waals surface area contributed by atoms with Crippen molar-refractivity contribution in [1.29, 1.82) is 0 Å². The maximum Gasteiger partial charge on any atom is 0.215 e. The summed E-state index contributed by atoms with van der Waals surface area (Å²) in [5.41, 5.74) is 1.29. The topological polar surface area (TPSA) is 63.1 Å². The Morgan fingerprint density at radius 2 is 1.39 bits per heavy atom. The first-order chi connectivity index (χ1) is 12.6. The van der Waals surface area contributed by atoms with Crippen LogP contribution >= 0.6 is 0 Å². The molecule has 1 unspecified atom stereocenters. The molecule has 2 heterocycles. The van der Waals surface area contributed by atoms with E-state index in [1.54, 1.807) is 19.9 Å². The summed E-state index contributed by atoms with van der Waals surface area (Å²) < 4.78 is 25.7. The van der Waals surface area contributed by atoms with Crippen LogP contribution in [-0.2, 0) is 0 Å². The van der Waals surface area contributed by atoms with Crippen LogP contribution < -0.4 is 0 Å². The van der Waals surface area contributed by atoms with Gasteiger partial charge in [0.2, 0.25) is 11.9 Å². The Morgan fingerprint density at radius 1 is 0.929 bits per heavy atom. The molecule has 2 aromatic rings. The number of aromatic nitrogens is 2. The standard InChI is InChI=1S/C11H16FNO.C11H14FNO/c2*1-7-5-8(6-13-10(7)12)9(14)11(2,3)4/h5-6,9,14H,1-4H3;5-6H,1-4H3. The minimum atomic E-state index is -0.616. The van der Waals surface area contributed by atoms with Gasteiger partial charge in [-0.1, -0.05) is 41.5 Å². The number of aryl methyl sites for hydroxylation is 2. The lowest BCUT2D eigenvalue weighted by atomic mass is 9.85. The predicted molar refractivity (Wildman–Crippen MR) is 106 cm³/mol. The largest absolute Gasteiger partial charge is 0.388 e. The van der Waals surface area contributed by atoms with Crippen molar-refractivity contribution in [1.82, 2.24) is 9.97 Å². The van der Waals surface area contributed by atoms with Crippen molar-refractivity contribution in [2.24, 2.45) is 10.8 Å². The highest BCUT2D eigenvalue weighted by molar-refractivity contribution is 5.99. The number of hydrogen-bond acceptors (Lipinski definition) is 4. The van der Waals surface area contributed by atoms with Crippen molar-refractivity contribution >= 4 is 5.78 Å². The van der Waals surface area contributed by atoms with Crippen molar-refractivity contribution in [2.45, 2.75) is 61.5 Å². The van der Waals surface area contributed by atoms with Gasteiger partial charge in [-0.25, -0.2) is 9.97 Å². The zero-order valence-electron chi connectivity index (χ0n) is 17.9. The molecule has 0 aliphatic carbocycles. The molecule has 2 rings (SSSR count). The third kappa shape index (κ3) is 6.44. The Balaban J connectivity index is 0.000000280. The molecule has 0 aliphatic rings. The highest BCUT2D eigenvalue weighted by Crippen LogP contribution is 2.32. The number of hydrogen-bond donors (Lipinski definition) is 1. The quantitative estimate of drug-likeness (QED) is 0.551. The molecule has 0 radical (unpaired) electrons. The summed E-state index contributed by atoms with van der Waals surface area (Å²) in [6.45, 7) is 14.5. The first kappa shape index (κ1) is 23.8. The van der Waals surface area contributed by atoms with Crippen LogP contribution in [0.25, 0.3) is 0 Å². The zero-order chi connectivity index (χ0) is 21.9. The van der Waals surface area contributed by atoms with Gasteiger partial charge in [0.15, 0.2) is 5.78 Å². The number of pyridine rings is 2. The number of carbonyl (C=O) groups is 1. The number of aliphatic hydroxyl groups excluding tert-OH is 1. The van der Waals surface area contributed by atoms with Crippen LogP contribution in [0.2, 0.25) is 0 Å². The van der Waals surface area contributed by atoms with E-state index in [0.717, 1.165) is 0 Å². The summed E-state index contributed by atoms with van der Waals surface area (Å²) in [7, 11) is 0. The van der Waals surface area contributed by atoms with Crippen LogP contribution in [0.5, 0.6) is 0 Å². The number of Topliss-reactive ketones (excluding diaryl/α,β-unsaturated/α-hetero) is 1. The molecule has 0 saturated heterocycles. The fourth-order valence-corrected chi connectivity index (χ4v) is 2.34. The minimum Gasteiger partial charge on any atom is -0.388 e. The summed E-state index contributed by atoms with van der Waals surface area (Å²) in [6, 6.07) is 3.17. The van der Waals surface area contributed by atoms with Crippen molar-refractivity contribution in [3.63, 3.8) is 0 Å². The molecule has 0 bridgehead atoms. The van der Waals surface area contributed by atoms with E-state index in [1.807, 2.05) is 41.5 Å². The molecule has 1 N–H and O–H groups in total. The summed E-state index contributed by atoms with van der Waals surface area (Å²) in [5.74, 6) is -1.02. The Kier molecular flexibility index (Phi) is 7.54. The molecule has 0 aliphatic heterocycles. The molecule has 154 valence electrons. The lowest BCUT2D eigenvalue weighted by molar-refractivity contribution is 0.0622. The normalized spacial score (nSPS) is 12.8. The number of nitrogens with zero attached hydrogens (tertiary/aromatic N) is 2. The molecule has 28 heavy (non-hydrogen) atoms. The van der Waals surface area contributed by atoms with Gasteiger partial charge in [0.1, 0.15) is 0 Å². The molecule has 4 nitrogen and oxygen atoms in total. The van der Waals surface area contributed by atoms with Gasteiger partial charge in [0.05, 0.1) is 6.10 Å². The van der Waals surface area contributed by atoms with E-state index >= 15 is 0 Å². The second-order valence-corrected chi connectivity index (χ2v) is 9.06. The van der Waals surface area contributed by atoms with Crippen LogP contribution in [0.1, 0.15) is 74.7 Å². The second kappa shape index (κ2) is 8.86. The Bertz CT molecular complexity index is 837. The van der Waals surface area contributed by atoms with E-state index in [0.29, 0.717) is 22.3 Å². The maximum atomic E-state index is 12.9. The highest BCUT2D eigenvalue weighted by atomic mass is 19.1.